The molecule has 2 aliphatic rings. The van der Waals surface area contributed by atoms with Crippen LogP contribution in [-0.4, -0.2) is 5.78 Å². The molecule has 0 radical (unpaired) electrons. The van der Waals surface area contributed by atoms with Crippen molar-refractivity contribution in [3.05, 3.63) is 96.1 Å². The number of hydrogen-bond donors (Lipinski definition) is 0. The van der Waals surface area contributed by atoms with Gasteiger partial charge in [-0.1, -0.05) is 93.1 Å². The minimum Gasteiger partial charge on any atom is -0.289 e. The van der Waals surface area contributed by atoms with Crippen LogP contribution in [0.4, 0.5) is 0 Å². The van der Waals surface area contributed by atoms with Crippen LogP contribution in [-0.2, 0) is 11.2 Å². The zero-order valence-electron chi connectivity index (χ0n) is 18.7. The number of benzene rings is 2. The number of carbonyl (C=O) groups excluding carboxylic acids is 1. The van der Waals surface area contributed by atoms with Gasteiger partial charge in [0.25, 0.3) is 0 Å². The molecule has 0 amide bonds. The van der Waals surface area contributed by atoms with E-state index in [1.807, 2.05) is 6.08 Å². The van der Waals surface area contributed by atoms with Crippen LogP contribution in [0.2, 0.25) is 0 Å². The number of ketones is 1. The van der Waals surface area contributed by atoms with Crippen LogP contribution < -0.4 is 0 Å². The Morgan fingerprint density at radius 3 is 2.35 bits per heavy atom. The molecular weight excluding hydrogens is 376 g/mol. The molecular formula is C30H34O. The summed E-state index contributed by atoms with van der Waals surface area (Å²) in [6.45, 7) is 5.87. The molecule has 2 aromatic rings. The van der Waals surface area contributed by atoms with Crippen LogP contribution in [0.15, 0.2) is 85.0 Å². The van der Waals surface area contributed by atoms with Crippen molar-refractivity contribution in [1.29, 1.82) is 0 Å². The molecule has 1 heteroatoms. The van der Waals surface area contributed by atoms with E-state index >= 15 is 0 Å². The van der Waals surface area contributed by atoms with Gasteiger partial charge >= 0.3 is 0 Å². The molecule has 1 nitrogen and oxygen atoms in total. The van der Waals surface area contributed by atoms with E-state index < -0.39 is 0 Å². The fraction of sp³-hybridized carbons (Fsp3) is 0.367. The van der Waals surface area contributed by atoms with Crippen molar-refractivity contribution in [3.8, 4) is 11.1 Å². The lowest BCUT2D eigenvalue weighted by Crippen LogP contribution is -2.24. The molecule has 2 aromatic carbocycles. The summed E-state index contributed by atoms with van der Waals surface area (Å²) in [5.41, 5.74) is 6.30. The first kappa shape index (κ1) is 21.6. The first-order chi connectivity index (χ1) is 15.2. The van der Waals surface area contributed by atoms with E-state index in [9.17, 15) is 4.79 Å². The predicted octanol–water partition coefficient (Wildman–Crippen LogP) is 7.84. The lowest BCUT2D eigenvalue weighted by molar-refractivity contribution is -0.111. The van der Waals surface area contributed by atoms with Crippen LogP contribution in [0.3, 0.4) is 0 Å². The Morgan fingerprint density at radius 1 is 0.968 bits per heavy atom. The van der Waals surface area contributed by atoms with Gasteiger partial charge in [0.15, 0.2) is 5.78 Å². The summed E-state index contributed by atoms with van der Waals surface area (Å²) in [5, 5.41) is 0. The van der Waals surface area contributed by atoms with Gasteiger partial charge in [-0.25, -0.2) is 0 Å². The Kier molecular flexibility index (Phi) is 7.02. The summed E-state index contributed by atoms with van der Waals surface area (Å²) in [4.78, 5) is 11.9. The Morgan fingerprint density at radius 2 is 1.68 bits per heavy atom. The molecule has 1 saturated carbocycles. The van der Waals surface area contributed by atoms with Crippen LogP contribution in [0.1, 0.15) is 62.5 Å². The number of aryl methyl sites for hydroxylation is 1. The van der Waals surface area contributed by atoms with Crippen molar-refractivity contribution in [2.24, 2.45) is 11.8 Å². The van der Waals surface area contributed by atoms with Crippen molar-refractivity contribution in [1.82, 2.24) is 0 Å². The van der Waals surface area contributed by atoms with Crippen molar-refractivity contribution in [2.75, 3.05) is 0 Å². The smallest absolute Gasteiger partial charge is 0.184 e. The molecule has 0 N–H and O–H groups in total. The normalized spacial score (nSPS) is 22.5. The molecule has 0 bridgehead atoms. The van der Waals surface area contributed by atoms with Gasteiger partial charge in [-0.05, 0) is 78.2 Å². The molecule has 160 valence electrons. The molecule has 0 saturated heterocycles. The third kappa shape index (κ3) is 5.15. The highest BCUT2D eigenvalue weighted by Crippen LogP contribution is 2.43. The zero-order chi connectivity index (χ0) is 21.6. The maximum atomic E-state index is 11.9. The lowest BCUT2D eigenvalue weighted by Gasteiger charge is -2.35. The van der Waals surface area contributed by atoms with Crippen molar-refractivity contribution in [2.45, 2.75) is 57.8 Å². The second-order valence-electron chi connectivity index (χ2n) is 9.16. The Hall–Kier alpha value is -2.67. The molecule has 3 atom stereocenters. The van der Waals surface area contributed by atoms with E-state index in [-0.39, 0.29) is 5.78 Å². The topological polar surface area (TPSA) is 17.1 Å². The van der Waals surface area contributed by atoms with Crippen molar-refractivity contribution >= 4 is 5.78 Å². The van der Waals surface area contributed by atoms with E-state index in [0.717, 1.165) is 12.0 Å². The number of fused-ring (bicyclic) bond motifs is 1. The van der Waals surface area contributed by atoms with E-state index in [1.54, 1.807) is 0 Å². The Balaban J connectivity index is 1.38. The number of carbonyl (C=O) groups is 1. The van der Waals surface area contributed by atoms with E-state index in [4.69, 9.17) is 0 Å². The minimum absolute atomic E-state index is 0.0430. The summed E-state index contributed by atoms with van der Waals surface area (Å²) in [5.74, 6) is 1.68. The molecule has 0 aliphatic heterocycles. The van der Waals surface area contributed by atoms with Crippen LogP contribution >= 0.6 is 0 Å². The molecule has 0 spiro atoms. The largest absolute Gasteiger partial charge is 0.289 e. The fourth-order valence-electron chi connectivity index (χ4n) is 5.15. The number of hydrogen-bond acceptors (Lipinski definition) is 1. The third-order valence-corrected chi connectivity index (χ3v) is 7.08. The van der Waals surface area contributed by atoms with Gasteiger partial charge in [0, 0.05) is 5.57 Å². The van der Waals surface area contributed by atoms with Crippen LogP contribution in [0.25, 0.3) is 11.1 Å². The summed E-state index contributed by atoms with van der Waals surface area (Å²) in [6, 6.07) is 18.3. The quantitative estimate of drug-likeness (QED) is 0.320. The first-order valence-corrected chi connectivity index (χ1v) is 11.9. The molecule has 2 aliphatic carbocycles. The summed E-state index contributed by atoms with van der Waals surface area (Å²) >= 11 is 0. The summed E-state index contributed by atoms with van der Waals surface area (Å²) in [6.07, 6.45) is 16.4. The highest BCUT2D eigenvalue weighted by molar-refractivity contribution is 6.05. The second kappa shape index (κ2) is 10.1. The average molecular weight is 411 g/mol. The molecule has 31 heavy (non-hydrogen) atoms. The number of rotatable bonds is 8. The van der Waals surface area contributed by atoms with Gasteiger partial charge in [0.2, 0.25) is 0 Å². The number of unbranched alkanes of at least 4 members (excludes halogenated alkanes) is 2. The maximum Gasteiger partial charge on any atom is 0.184 e. The minimum atomic E-state index is 0.0430. The second-order valence-corrected chi connectivity index (χ2v) is 9.16. The van der Waals surface area contributed by atoms with Crippen LogP contribution in [0.5, 0.6) is 0 Å². The van der Waals surface area contributed by atoms with E-state index in [0.29, 0.717) is 17.8 Å². The SMILES string of the molecule is C=CC(=O)C1=CC2CCC(c3ccc(-c4ccc(CCCCC)cc4)cc3)CC2C=C1. The van der Waals surface area contributed by atoms with Crippen molar-refractivity contribution < 1.29 is 4.79 Å². The monoisotopic (exact) mass is 410 g/mol. The van der Waals surface area contributed by atoms with E-state index in [2.05, 4.69) is 74.2 Å². The Bertz CT molecular complexity index is 958. The fourth-order valence-corrected chi connectivity index (χ4v) is 5.15. The number of allylic oxidation sites excluding steroid dienone is 5. The highest BCUT2D eigenvalue weighted by atomic mass is 16.1. The highest BCUT2D eigenvalue weighted by Gasteiger charge is 2.30. The van der Waals surface area contributed by atoms with Gasteiger partial charge < -0.3 is 0 Å². The molecule has 0 heterocycles. The lowest BCUT2D eigenvalue weighted by atomic mass is 9.69. The zero-order valence-corrected chi connectivity index (χ0v) is 18.7. The average Bonchev–Trinajstić information content (AvgIpc) is 2.83. The van der Waals surface area contributed by atoms with Crippen molar-refractivity contribution in [3.63, 3.8) is 0 Å². The molecule has 4 rings (SSSR count). The predicted molar refractivity (Wildman–Crippen MR) is 131 cm³/mol. The van der Waals surface area contributed by atoms with Crippen LogP contribution in [0, 0.1) is 11.8 Å². The van der Waals surface area contributed by atoms with Gasteiger partial charge in [0.1, 0.15) is 0 Å². The standard InChI is InChI=1S/C30H34O/c1-3-5-6-7-22-8-10-23(11-9-22)24-12-14-25(15-13-24)26-16-17-28-21-29(30(31)4-2)19-18-27(28)20-26/h4,8-15,18-19,21,26-28H,2-3,5-7,16-17,20H2,1H3. The summed E-state index contributed by atoms with van der Waals surface area (Å²) in [7, 11) is 0. The maximum absolute atomic E-state index is 11.9. The Labute approximate surface area is 187 Å². The third-order valence-electron chi connectivity index (χ3n) is 7.08. The molecule has 0 aromatic heterocycles. The van der Waals surface area contributed by atoms with E-state index in [1.165, 1.54) is 66.9 Å². The van der Waals surface area contributed by atoms with Gasteiger partial charge in [0.05, 0.1) is 0 Å². The summed E-state index contributed by atoms with van der Waals surface area (Å²) < 4.78 is 0. The first-order valence-electron chi connectivity index (χ1n) is 11.9. The molecule has 3 unspecified atom stereocenters. The van der Waals surface area contributed by atoms with Gasteiger partial charge in [-0.3, -0.25) is 4.79 Å². The van der Waals surface area contributed by atoms with Gasteiger partial charge in [-0.2, -0.15) is 0 Å². The molecule has 1 fully saturated rings. The van der Waals surface area contributed by atoms with Gasteiger partial charge in [-0.15, -0.1) is 0 Å².